The Kier molecular flexibility index (Phi) is 3.26. The van der Waals surface area contributed by atoms with Crippen molar-refractivity contribution in [1.82, 2.24) is 0 Å². The van der Waals surface area contributed by atoms with Gasteiger partial charge in [-0.05, 0) is 24.5 Å². The summed E-state index contributed by atoms with van der Waals surface area (Å²) in [6.07, 6.45) is 0.937. The molecule has 0 fully saturated rings. The van der Waals surface area contributed by atoms with Crippen LogP contribution in [0.4, 0.5) is 0 Å². The molecule has 0 aliphatic heterocycles. The number of hydrogen-bond donors (Lipinski definition) is 1. The van der Waals surface area contributed by atoms with Crippen molar-refractivity contribution in [2.75, 3.05) is 0 Å². The monoisotopic (exact) mass is 175 g/mol. The molecular formula is C12H17N. The first-order valence-corrected chi connectivity index (χ1v) is 4.66. The molecule has 0 aliphatic rings. The maximum absolute atomic E-state index is 5.89. The first-order valence-electron chi connectivity index (χ1n) is 4.66. The van der Waals surface area contributed by atoms with Gasteiger partial charge in [-0.15, -0.1) is 0 Å². The number of nitrogens with two attached hydrogens (primary N) is 1. The first kappa shape index (κ1) is 10.0. The van der Waals surface area contributed by atoms with Crippen molar-refractivity contribution in [2.45, 2.75) is 26.3 Å². The van der Waals surface area contributed by atoms with E-state index in [2.05, 4.69) is 44.7 Å². The fourth-order valence-electron chi connectivity index (χ4n) is 1.23. The molecule has 0 spiro atoms. The third kappa shape index (κ3) is 2.43. The summed E-state index contributed by atoms with van der Waals surface area (Å²) in [7, 11) is 0. The molecule has 1 nitrogen and oxygen atoms in total. The Morgan fingerprint density at radius 2 is 1.92 bits per heavy atom. The zero-order valence-corrected chi connectivity index (χ0v) is 8.38. The lowest BCUT2D eigenvalue weighted by Gasteiger charge is -2.12. The number of rotatable bonds is 3. The Labute approximate surface area is 80.3 Å². The Morgan fingerprint density at radius 3 is 2.38 bits per heavy atom. The minimum absolute atomic E-state index is 0.0858. The summed E-state index contributed by atoms with van der Waals surface area (Å²) >= 11 is 0. The van der Waals surface area contributed by atoms with E-state index < -0.39 is 0 Å². The van der Waals surface area contributed by atoms with Crippen LogP contribution in [-0.2, 0) is 0 Å². The quantitative estimate of drug-likeness (QED) is 0.751. The molecular weight excluding hydrogens is 158 g/mol. The van der Waals surface area contributed by atoms with Gasteiger partial charge in [0.1, 0.15) is 0 Å². The van der Waals surface area contributed by atoms with Gasteiger partial charge >= 0.3 is 0 Å². The van der Waals surface area contributed by atoms with Crippen LogP contribution in [0.15, 0.2) is 30.8 Å². The zero-order valence-electron chi connectivity index (χ0n) is 8.38. The van der Waals surface area contributed by atoms with Gasteiger partial charge in [-0.1, -0.05) is 43.3 Å². The van der Waals surface area contributed by atoms with E-state index in [0.29, 0.717) is 0 Å². The van der Waals surface area contributed by atoms with Crippen molar-refractivity contribution in [3.8, 4) is 0 Å². The molecule has 2 N–H and O–H groups in total. The van der Waals surface area contributed by atoms with Crippen molar-refractivity contribution in [2.24, 2.45) is 5.73 Å². The molecule has 1 rings (SSSR count). The summed E-state index contributed by atoms with van der Waals surface area (Å²) in [6.45, 7) is 8.15. The second-order valence-electron chi connectivity index (χ2n) is 3.41. The summed E-state index contributed by atoms with van der Waals surface area (Å²) in [4.78, 5) is 0. The summed E-state index contributed by atoms with van der Waals surface area (Å²) in [5.74, 6) is 0. The van der Waals surface area contributed by atoms with E-state index in [0.717, 1.165) is 17.6 Å². The van der Waals surface area contributed by atoms with E-state index in [4.69, 9.17) is 5.73 Å². The van der Waals surface area contributed by atoms with Crippen molar-refractivity contribution in [3.05, 3.63) is 42.0 Å². The minimum Gasteiger partial charge on any atom is -0.324 e. The summed E-state index contributed by atoms with van der Waals surface area (Å²) in [6, 6.07) is 8.41. The molecule has 1 aromatic carbocycles. The van der Waals surface area contributed by atoms with Gasteiger partial charge in [-0.2, -0.15) is 0 Å². The second-order valence-corrected chi connectivity index (χ2v) is 3.41. The van der Waals surface area contributed by atoms with Gasteiger partial charge in [0.05, 0.1) is 0 Å². The van der Waals surface area contributed by atoms with Crippen LogP contribution in [-0.4, -0.2) is 6.04 Å². The first-order chi connectivity index (χ1) is 6.15. The van der Waals surface area contributed by atoms with Crippen LogP contribution in [0.1, 0.15) is 24.5 Å². The van der Waals surface area contributed by atoms with Crippen LogP contribution in [0, 0.1) is 6.92 Å². The molecule has 13 heavy (non-hydrogen) atoms. The molecule has 1 heteroatoms. The highest BCUT2D eigenvalue weighted by Crippen LogP contribution is 2.17. The molecule has 0 saturated heterocycles. The highest BCUT2D eigenvalue weighted by Gasteiger charge is 2.05. The van der Waals surface area contributed by atoms with Crippen molar-refractivity contribution in [1.29, 1.82) is 0 Å². The topological polar surface area (TPSA) is 26.0 Å². The average Bonchev–Trinajstić information content (AvgIpc) is 2.17. The molecule has 0 amide bonds. The Morgan fingerprint density at radius 1 is 1.38 bits per heavy atom. The number of hydrogen-bond acceptors (Lipinski definition) is 1. The van der Waals surface area contributed by atoms with E-state index in [1.165, 1.54) is 5.56 Å². The smallest absolute Gasteiger partial charge is 0.0292 e. The maximum atomic E-state index is 5.89. The lowest BCUT2D eigenvalue weighted by Crippen LogP contribution is -2.19. The second kappa shape index (κ2) is 4.24. The van der Waals surface area contributed by atoms with E-state index in [1.807, 2.05) is 0 Å². The van der Waals surface area contributed by atoms with Crippen LogP contribution in [0.25, 0.3) is 5.57 Å². The molecule has 1 atom stereocenters. The molecule has 0 heterocycles. The summed E-state index contributed by atoms with van der Waals surface area (Å²) < 4.78 is 0. The molecule has 70 valence electrons. The van der Waals surface area contributed by atoms with Crippen molar-refractivity contribution < 1.29 is 0 Å². The zero-order chi connectivity index (χ0) is 9.84. The third-order valence-corrected chi connectivity index (χ3v) is 2.31. The van der Waals surface area contributed by atoms with Crippen molar-refractivity contribution in [3.63, 3.8) is 0 Å². The Hall–Kier alpha value is -1.08. The van der Waals surface area contributed by atoms with Gasteiger partial charge in [0.15, 0.2) is 0 Å². The standard InChI is InChI=1S/C12H17N/c1-4-12(13)10(3)11-7-5-9(2)6-8-11/h5-8,12H,3-4,13H2,1-2H3. The highest BCUT2D eigenvalue weighted by molar-refractivity contribution is 5.67. The predicted molar refractivity (Wildman–Crippen MR) is 58.5 cm³/mol. The van der Waals surface area contributed by atoms with Crippen LogP contribution >= 0.6 is 0 Å². The van der Waals surface area contributed by atoms with Crippen LogP contribution in [0.5, 0.6) is 0 Å². The van der Waals surface area contributed by atoms with E-state index in [-0.39, 0.29) is 6.04 Å². The fourth-order valence-corrected chi connectivity index (χ4v) is 1.23. The lowest BCUT2D eigenvalue weighted by molar-refractivity contribution is 0.801. The third-order valence-electron chi connectivity index (χ3n) is 2.31. The molecule has 0 bridgehead atoms. The van der Waals surface area contributed by atoms with Gasteiger partial charge in [0.2, 0.25) is 0 Å². The highest BCUT2D eigenvalue weighted by atomic mass is 14.6. The molecule has 0 saturated carbocycles. The van der Waals surface area contributed by atoms with E-state index in [9.17, 15) is 0 Å². The Bertz CT molecular complexity index is 284. The van der Waals surface area contributed by atoms with Crippen LogP contribution < -0.4 is 5.73 Å². The SMILES string of the molecule is C=C(c1ccc(C)cc1)C(N)CC. The predicted octanol–water partition coefficient (Wildman–Crippen LogP) is 2.75. The van der Waals surface area contributed by atoms with Gasteiger partial charge in [-0.3, -0.25) is 0 Å². The number of benzene rings is 1. The molecule has 0 radical (unpaired) electrons. The van der Waals surface area contributed by atoms with Gasteiger partial charge < -0.3 is 5.73 Å². The number of aryl methyl sites for hydroxylation is 1. The molecule has 1 unspecified atom stereocenters. The molecule has 1 aromatic rings. The Balaban J connectivity index is 2.83. The largest absolute Gasteiger partial charge is 0.324 e. The minimum atomic E-state index is 0.0858. The summed E-state index contributed by atoms with van der Waals surface area (Å²) in [5.41, 5.74) is 9.34. The van der Waals surface area contributed by atoms with Gasteiger partial charge in [0.25, 0.3) is 0 Å². The molecule has 0 aromatic heterocycles. The van der Waals surface area contributed by atoms with Crippen molar-refractivity contribution >= 4 is 5.57 Å². The van der Waals surface area contributed by atoms with Gasteiger partial charge in [-0.25, -0.2) is 0 Å². The van der Waals surface area contributed by atoms with Crippen LogP contribution in [0.2, 0.25) is 0 Å². The summed E-state index contributed by atoms with van der Waals surface area (Å²) in [5, 5.41) is 0. The lowest BCUT2D eigenvalue weighted by atomic mass is 9.98. The van der Waals surface area contributed by atoms with E-state index >= 15 is 0 Å². The maximum Gasteiger partial charge on any atom is 0.0292 e. The van der Waals surface area contributed by atoms with Gasteiger partial charge in [0, 0.05) is 6.04 Å². The fraction of sp³-hybridized carbons (Fsp3) is 0.333. The normalized spacial score (nSPS) is 12.5. The van der Waals surface area contributed by atoms with E-state index in [1.54, 1.807) is 0 Å². The molecule has 0 aliphatic carbocycles. The average molecular weight is 175 g/mol. The van der Waals surface area contributed by atoms with Crippen LogP contribution in [0.3, 0.4) is 0 Å².